The van der Waals surface area contributed by atoms with E-state index in [0.29, 0.717) is 6.61 Å². The number of benzene rings is 2. The van der Waals surface area contributed by atoms with E-state index in [9.17, 15) is 0 Å². The molecule has 0 unspecified atom stereocenters. The number of fused-ring (bicyclic) bond motifs is 1. The van der Waals surface area contributed by atoms with Crippen molar-refractivity contribution in [3.63, 3.8) is 0 Å². The van der Waals surface area contributed by atoms with Crippen LogP contribution in [0.2, 0.25) is 0 Å². The van der Waals surface area contributed by atoms with Gasteiger partial charge in [0, 0.05) is 19.5 Å². The van der Waals surface area contributed by atoms with Crippen molar-refractivity contribution in [3.05, 3.63) is 53.9 Å². The minimum atomic E-state index is 0.127. The number of nitrogens with one attached hydrogen (secondary N) is 2. The lowest BCUT2D eigenvalue weighted by molar-refractivity contribution is 0.223. The van der Waals surface area contributed by atoms with Crippen LogP contribution in [0.1, 0.15) is 32.2 Å². The number of aromatic nitrogens is 2. The van der Waals surface area contributed by atoms with E-state index < -0.39 is 0 Å². The van der Waals surface area contributed by atoms with Crippen molar-refractivity contribution in [2.45, 2.75) is 39.8 Å². The summed E-state index contributed by atoms with van der Waals surface area (Å²) in [5.74, 6) is 2.61. The van der Waals surface area contributed by atoms with E-state index in [1.807, 2.05) is 45.0 Å². The molecule has 0 aliphatic carbocycles. The molecule has 0 atom stereocenters. The number of aromatic amines is 1. The van der Waals surface area contributed by atoms with Gasteiger partial charge < -0.3 is 19.8 Å². The molecule has 0 spiro atoms. The van der Waals surface area contributed by atoms with E-state index in [4.69, 9.17) is 9.47 Å². The zero-order valence-corrected chi connectivity index (χ0v) is 15.7. The first-order chi connectivity index (χ1) is 12.7. The monoisotopic (exact) mass is 353 g/mol. The fraction of sp³-hybridized carbons (Fsp3) is 0.381. The molecule has 2 aromatic carbocycles. The Kier molecular flexibility index (Phi) is 6.12. The van der Waals surface area contributed by atoms with Gasteiger partial charge in [-0.05, 0) is 50.6 Å². The van der Waals surface area contributed by atoms with Gasteiger partial charge in [0.15, 0.2) is 11.5 Å². The summed E-state index contributed by atoms with van der Waals surface area (Å²) in [6, 6.07) is 14.2. The number of hydrogen-bond donors (Lipinski definition) is 2. The third kappa shape index (κ3) is 4.76. The molecule has 0 amide bonds. The first-order valence-electron chi connectivity index (χ1n) is 9.22. The van der Waals surface area contributed by atoms with Crippen LogP contribution in [0, 0.1) is 0 Å². The minimum absolute atomic E-state index is 0.127. The minimum Gasteiger partial charge on any atom is -0.490 e. The molecule has 0 fully saturated rings. The van der Waals surface area contributed by atoms with Crippen molar-refractivity contribution in [1.82, 2.24) is 15.3 Å². The molecule has 138 valence electrons. The van der Waals surface area contributed by atoms with E-state index in [0.717, 1.165) is 47.9 Å². The number of rotatable bonds is 9. The van der Waals surface area contributed by atoms with Gasteiger partial charge in [-0.15, -0.1) is 0 Å². The van der Waals surface area contributed by atoms with E-state index in [-0.39, 0.29) is 6.10 Å². The first kappa shape index (κ1) is 18.3. The third-order valence-electron chi connectivity index (χ3n) is 3.98. The number of para-hydroxylation sites is 2. The Balaban J connectivity index is 1.54. The number of hydrogen-bond acceptors (Lipinski definition) is 4. The smallest absolute Gasteiger partial charge is 0.161 e. The van der Waals surface area contributed by atoms with Crippen molar-refractivity contribution in [2.75, 3.05) is 13.2 Å². The molecule has 26 heavy (non-hydrogen) atoms. The van der Waals surface area contributed by atoms with Gasteiger partial charge in [-0.2, -0.15) is 0 Å². The van der Waals surface area contributed by atoms with Crippen molar-refractivity contribution in [2.24, 2.45) is 0 Å². The Morgan fingerprint density at radius 3 is 2.73 bits per heavy atom. The van der Waals surface area contributed by atoms with Gasteiger partial charge in [-0.1, -0.05) is 18.2 Å². The van der Waals surface area contributed by atoms with Crippen molar-refractivity contribution < 1.29 is 9.47 Å². The maximum Gasteiger partial charge on any atom is 0.161 e. The highest BCUT2D eigenvalue weighted by molar-refractivity contribution is 5.74. The average Bonchev–Trinajstić information content (AvgIpc) is 3.03. The zero-order valence-electron chi connectivity index (χ0n) is 15.7. The highest BCUT2D eigenvalue weighted by atomic mass is 16.5. The van der Waals surface area contributed by atoms with Crippen LogP contribution in [0.3, 0.4) is 0 Å². The predicted molar refractivity (Wildman–Crippen MR) is 105 cm³/mol. The molecule has 1 aromatic heterocycles. The third-order valence-corrected chi connectivity index (χ3v) is 3.98. The zero-order chi connectivity index (χ0) is 18.4. The van der Waals surface area contributed by atoms with Gasteiger partial charge in [-0.25, -0.2) is 4.98 Å². The van der Waals surface area contributed by atoms with Crippen LogP contribution in [-0.2, 0) is 13.0 Å². The molecular weight excluding hydrogens is 326 g/mol. The van der Waals surface area contributed by atoms with Crippen LogP contribution < -0.4 is 14.8 Å². The lowest BCUT2D eigenvalue weighted by atomic mass is 10.2. The fourth-order valence-corrected chi connectivity index (χ4v) is 2.85. The van der Waals surface area contributed by atoms with E-state index >= 15 is 0 Å². The second-order valence-electron chi connectivity index (χ2n) is 6.51. The Hall–Kier alpha value is -2.53. The number of ether oxygens (including phenoxy) is 2. The molecule has 0 bridgehead atoms. The van der Waals surface area contributed by atoms with Gasteiger partial charge in [0.05, 0.1) is 23.7 Å². The summed E-state index contributed by atoms with van der Waals surface area (Å²) in [7, 11) is 0. The number of H-pyrrole nitrogens is 1. The quantitative estimate of drug-likeness (QED) is 0.569. The summed E-state index contributed by atoms with van der Waals surface area (Å²) >= 11 is 0. The van der Waals surface area contributed by atoms with E-state index in [1.165, 1.54) is 5.56 Å². The molecule has 5 nitrogen and oxygen atoms in total. The highest BCUT2D eigenvalue weighted by Gasteiger charge is 2.08. The van der Waals surface area contributed by atoms with E-state index in [2.05, 4.69) is 33.5 Å². The summed E-state index contributed by atoms with van der Waals surface area (Å²) < 4.78 is 11.5. The van der Waals surface area contributed by atoms with Gasteiger partial charge >= 0.3 is 0 Å². The summed E-state index contributed by atoms with van der Waals surface area (Å²) in [5.41, 5.74) is 3.28. The van der Waals surface area contributed by atoms with Crippen LogP contribution in [0.25, 0.3) is 11.0 Å². The molecule has 3 aromatic rings. The Morgan fingerprint density at radius 1 is 1.12 bits per heavy atom. The Morgan fingerprint density at radius 2 is 1.96 bits per heavy atom. The SMILES string of the molecule is CCOc1cc(CNCCc2nc3ccccc3[nH]2)ccc1OC(C)C. The fourth-order valence-electron chi connectivity index (χ4n) is 2.85. The summed E-state index contributed by atoms with van der Waals surface area (Å²) in [6.45, 7) is 8.28. The predicted octanol–water partition coefficient (Wildman–Crippen LogP) is 4.08. The van der Waals surface area contributed by atoms with Gasteiger partial charge in [0.1, 0.15) is 5.82 Å². The number of nitrogens with zero attached hydrogens (tertiary/aromatic N) is 1. The molecule has 1 heterocycles. The molecule has 0 saturated carbocycles. The normalized spacial score (nSPS) is 11.2. The summed E-state index contributed by atoms with van der Waals surface area (Å²) in [4.78, 5) is 7.96. The topological polar surface area (TPSA) is 59.2 Å². The van der Waals surface area contributed by atoms with Gasteiger partial charge in [-0.3, -0.25) is 0 Å². The Bertz CT molecular complexity index is 809. The van der Waals surface area contributed by atoms with Gasteiger partial charge in [0.25, 0.3) is 0 Å². The molecule has 0 radical (unpaired) electrons. The largest absolute Gasteiger partial charge is 0.490 e. The summed E-state index contributed by atoms with van der Waals surface area (Å²) in [6.07, 6.45) is 0.989. The number of imidazole rings is 1. The van der Waals surface area contributed by atoms with Gasteiger partial charge in [0.2, 0.25) is 0 Å². The Labute approximate surface area is 154 Å². The molecule has 0 aliphatic heterocycles. The van der Waals surface area contributed by atoms with Crippen LogP contribution in [-0.4, -0.2) is 29.2 Å². The average molecular weight is 353 g/mol. The van der Waals surface area contributed by atoms with E-state index in [1.54, 1.807) is 0 Å². The van der Waals surface area contributed by atoms with Crippen molar-refractivity contribution >= 4 is 11.0 Å². The standard InChI is InChI=1S/C21H27N3O2/c1-4-25-20-13-16(9-10-19(20)26-15(2)3)14-22-12-11-21-23-17-7-5-6-8-18(17)24-21/h5-10,13,15,22H,4,11-12,14H2,1-3H3,(H,23,24). The lowest BCUT2D eigenvalue weighted by Gasteiger charge is -2.15. The van der Waals surface area contributed by atoms with Crippen LogP contribution in [0.15, 0.2) is 42.5 Å². The van der Waals surface area contributed by atoms with Crippen molar-refractivity contribution in [1.29, 1.82) is 0 Å². The van der Waals surface area contributed by atoms with Crippen LogP contribution in [0.5, 0.6) is 11.5 Å². The second kappa shape index (κ2) is 8.72. The molecular formula is C21H27N3O2. The van der Waals surface area contributed by atoms with Crippen LogP contribution in [0.4, 0.5) is 0 Å². The first-order valence-corrected chi connectivity index (χ1v) is 9.22. The highest BCUT2D eigenvalue weighted by Crippen LogP contribution is 2.29. The molecule has 3 rings (SSSR count). The molecule has 5 heteroatoms. The molecule has 2 N–H and O–H groups in total. The van der Waals surface area contributed by atoms with Crippen LogP contribution >= 0.6 is 0 Å². The van der Waals surface area contributed by atoms with Crippen molar-refractivity contribution in [3.8, 4) is 11.5 Å². The molecule has 0 aliphatic rings. The summed E-state index contributed by atoms with van der Waals surface area (Å²) in [5, 5.41) is 3.47. The lowest BCUT2D eigenvalue weighted by Crippen LogP contribution is -2.17. The molecule has 0 saturated heterocycles. The second-order valence-corrected chi connectivity index (χ2v) is 6.51. The maximum atomic E-state index is 5.81. The maximum absolute atomic E-state index is 5.81.